The molecule has 4 heteroatoms. The van der Waals surface area contributed by atoms with Gasteiger partial charge in [-0.1, -0.05) is 6.92 Å². The number of fused-ring (bicyclic) bond motifs is 1. The third kappa shape index (κ3) is 2.01. The molecule has 2 rings (SSSR count). The lowest BCUT2D eigenvalue weighted by atomic mass is 10.2. The molecule has 1 aromatic carbocycles. The smallest absolute Gasteiger partial charge is 0.319 e. The number of hydrogen-bond donors (Lipinski definition) is 0. The van der Waals surface area contributed by atoms with Gasteiger partial charge in [0, 0.05) is 11.6 Å². The van der Waals surface area contributed by atoms with Crippen LogP contribution in [-0.4, -0.2) is 11.2 Å². The Morgan fingerprint density at radius 3 is 2.81 bits per heavy atom. The standard InChI is InChI=1S/C12H13F2NO/c1-2-7-16-10-3-4-11-9(8-10)5-6-15(11)12(13)14/h3-6,8,12H,2,7H2,1H3. The Labute approximate surface area is 92.4 Å². The first-order valence-corrected chi connectivity index (χ1v) is 5.24. The summed E-state index contributed by atoms with van der Waals surface area (Å²) in [6, 6.07) is 6.83. The summed E-state index contributed by atoms with van der Waals surface area (Å²) in [5, 5.41) is 0.772. The molecule has 0 atom stereocenters. The molecule has 16 heavy (non-hydrogen) atoms. The van der Waals surface area contributed by atoms with Crippen molar-refractivity contribution in [3.8, 4) is 5.75 Å². The minimum absolute atomic E-state index is 0.527. The van der Waals surface area contributed by atoms with Crippen molar-refractivity contribution in [1.29, 1.82) is 0 Å². The average Bonchev–Trinajstić information content (AvgIpc) is 2.69. The van der Waals surface area contributed by atoms with Crippen LogP contribution in [0, 0.1) is 0 Å². The van der Waals surface area contributed by atoms with Gasteiger partial charge in [0.25, 0.3) is 0 Å². The third-order valence-electron chi connectivity index (χ3n) is 2.37. The Balaban J connectivity index is 2.33. The van der Waals surface area contributed by atoms with Crippen molar-refractivity contribution in [2.45, 2.75) is 19.9 Å². The van der Waals surface area contributed by atoms with Crippen LogP contribution in [0.25, 0.3) is 10.9 Å². The lowest BCUT2D eigenvalue weighted by Crippen LogP contribution is -1.96. The van der Waals surface area contributed by atoms with E-state index in [2.05, 4.69) is 0 Å². The second kappa shape index (κ2) is 4.51. The van der Waals surface area contributed by atoms with Crippen LogP contribution in [0.4, 0.5) is 8.78 Å². The Morgan fingerprint density at radius 2 is 2.12 bits per heavy atom. The van der Waals surface area contributed by atoms with Gasteiger partial charge >= 0.3 is 6.55 Å². The Hall–Kier alpha value is -1.58. The molecular weight excluding hydrogens is 212 g/mol. The molecule has 0 saturated heterocycles. The maximum Gasteiger partial charge on any atom is 0.319 e. The number of hydrogen-bond acceptors (Lipinski definition) is 1. The van der Waals surface area contributed by atoms with E-state index in [1.807, 2.05) is 6.92 Å². The molecular formula is C12H13F2NO. The van der Waals surface area contributed by atoms with E-state index in [9.17, 15) is 8.78 Å². The van der Waals surface area contributed by atoms with E-state index in [-0.39, 0.29) is 0 Å². The third-order valence-corrected chi connectivity index (χ3v) is 2.37. The zero-order chi connectivity index (χ0) is 11.5. The van der Waals surface area contributed by atoms with Crippen LogP contribution < -0.4 is 4.74 Å². The van der Waals surface area contributed by atoms with Gasteiger partial charge in [-0.25, -0.2) is 0 Å². The molecule has 0 aliphatic carbocycles. The van der Waals surface area contributed by atoms with Crippen LogP contribution in [0.2, 0.25) is 0 Å². The van der Waals surface area contributed by atoms with Crippen molar-refractivity contribution in [1.82, 2.24) is 4.57 Å². The first kappa shape index (κ1) is 10.9. The summed E-state index contributed by atoms with van der Waals surface area (Å²) in [5.74, 6) is 0.723. The Kier molecular flexibility index (Phi) is 3.08. The van der Waals surface area contributed by atoms with Crippen LogP contribution in [0.15, 0.2) is 30.5 Å². The van der Waals surface area contributed by atoms with Gasteiger partial charge in [0.15, 0.2) is 0 Å². The number of rotatable bonds is 4. The maximum atomic E-state index is 12.6. The molecule has 0 saturated carbocycles. The van der Waals surface area contributed by atoms with E-state index in [0.29, 0.717) is 12.1 Å². The van der Waals surface area contributed by atoms with Crippen molar-refractivity contribution in [3.63, 3.8) is 0 Å². The highest BCUT2D eigenvalue weighted by Crippen LogP contribution is 2.25. The SMILES string of the molecule is CCCOc1ccc2c(ccn2C(F)F)c1. The summed E-state index contributed by atoms with van der Waals surface area (Å²) < 4.78 is 31.5. The number of aromatic nitrogens is 1. The zero-order valence-corrected chi connectivity index (χ0v) is 8.99. The molecule has 2 aromatic rings. The fraction of sp³-hybridized carbons (Fsp3) is 0.333. The second-order valence-corrected chi connectivity index (χ2v) is 3.57. The molecule has 0 spiro atoms. The molecule has 1 aromatic heterocycles. The minimum Gasteiger partial charge on any atom is -0.494 e. The van der Waals surface area contributed by atoms with Gasteiger partial charge < -0.3 is 4.74 Å². The number of alkyl halides is 2. The summed E-state index contributed by atoms with van der Waals surface area (Å²) >= 11 is 0. The van der Waals surface area contributed by atoms with Crippen LogP contribution in [0.3, 0.4) is 0 Å². The molecule has 0 N–H and O–H groups in total. The van der Waals surface area contributed by atoms with E-state index >= 15 is 0 Å². The predicted octanol–water partition coefficient (Wildman–Crippen LogP) is 3.83. The normalized spacial score (nSPS) is 11.2. The summed E-state index contributed by atoms with van der Waals surface area (Å²) in [7, 11) is 0. The van der Waals surface area contributed by atoms with E-state index in [1.165, 1.54) is 6.20 Å². The average molecular weight is 225 g/mol. The maximum absolute atomic E-state index is 12.6. The Bertz CT molecular complexity index is 479. The number of ether oxygens (including phenoxy) is 1. The van der Waals surface area contributed by atoms with Crippen molar-refractivity contribution in [3.05, 3.63) is 30.5 Å². The molecule has 1 heterocycles. The molecule has 0 radical (unpaired) electrons. The number of halogens is 2. The first-order chi connectivity index (χ1) is 7.72. The van der Waals surface area contributed by atoms with Gasteiger partial charge in [0.05, 0.1) is 12.1 Å². The number of benzene rings is 1. The number of nitrogens with zero attached hydrogens (tertiary/aromatic N) is 1. The van der Waals surface area contributed by atoms with E-state index in [1.54, 1.807) is 24.3 Å². The van der Waals surface area contributed by atoms with E-state index in [4.69, 9.17) is 4.74 Å². The monoisotopic (exact) mass is 225 g/mol. The van der Waals surface area contributed by atoms with Gasteiger partial charge in [-0.2, -0.15) is 8.78 Å². The van der Waals surface area contributed by atoms with Gasteiger partial charge in [-0.3, -0.25) is 4.57 Å². The summed E-state index contributed by atoms with van der Waals surface area (Å²) in [5.41, 5.74) is 0.527. The molecule has 0 amide bonds. The van der Waals surface area contributed by atoms with Gasteiger partial charge in [-0.15, -0.1) is 0 Å². The topological polar surface area (TPSA) is 14.2 Å². The molecule has 0 fully saturated rings. The molecule has 0 unspecified atom stereocenters. The lowest BCUT2D eigenvalue weighted by molar-refractivity contribution is 0.0752. The first-order valence-electron chi connectivity index (χ1n) is 5.24. The van der Waals surface area contributed by atoms with Crippen LogP contribution >= 0.6 is 0 Å². The summed E-state index contributed by atoms with van der Waals surface area (Å²) in [6.07, 6.45) is 2.31. The van der Waals surface area contributed by atoms with E-state index < -0.39 is 6.55 Å². The van der Waals surface area contributed by atoms with Crippen molar-refractivity contribution < 1.29 is 13.5 Å². The van der Waals surface area contributed by atoms with Gasteiger partial charge in [0.2, 0.25) is 0 Å². The lowest BCUT2D eigenvalue weighted by Gasteiger charge is -2.06. The quantitative estimate of drug-likeness (QED) is 0.771. The van der Waals surface area contributed by atoms with Crippen molar-refractivity contribution in [2.75, 3.05) is 6.61 Å². The summed E-state index contributed by atoms with van der Waals surface area (Å²) in [4.78, 5) is 0. The van der Waals surface area contributed by atoms with Gasteiger partial charge in [-0.05, 0) is 30.7 Å². The van der Waals surface area contributed by atoms with Crippen molar-refractivity contribution in [2.24, 2.45) is 0 Å². The second-order valence-electron chi connectivity index (χ2n) is 3.57. The largest absolute Gasteiger partial charge is 0.494 e. The fourth-order valence-electron chi connectivity index (χ4n) is 1.62. The Morgan fingerprint density at radius 1 is 1.31 bits per heavy atom. The molecule has 2 nitrogen and oxygen atoms in total. The fourth-order valence-corrected chi connectivity index (χ4v) is 1.62. The predicted molar refractivity (Wildman–Crippen MR) is 59.0 cm³/mol. The molecule has 0 aliphatic rings. The minimum atomic E-state index is -2.50. The highest BCUT2D eigenvalue weighted by atomic mass is 19.3. The van der Waals surface area contributed by atoms with Crippen LogP contribution in [0.1, 0.15) is 19.9 Å². The zero-order valence-electron chi connectivity index (χ0n) is 8.99. The van der Waals surface area contributed by atoms with E-state index in [0.717, 1.165) is 22.1 Å². The van der Waals surface area contributed by atoms with Gasteiger partial charge in [0.1, 0.15) is 5.75 Å². The summed E-state index contributed by atoms with van der Waals surface area (Å²) in [6.45, 7) is 0.160. The van der Waals surface area contributed by atoms with Crippen molar-refractivity contribution >= 4 is 10.9 Å². The molecule has 0 aliphatic heterocycles. The molecule has 86 valence electrons. The molecule has 0 bridgehead atoms. The van der Waals surface area contributed by atoms with Crippen LogP contribution in [0.5, 0.6) is 5.75 Å². The highest BCUT2D eigenvalue weighted by Gasteiger charge is 2.09. The van der Waals surface area contributed by atoms with Crippen LogP contribution in [-0.2, 0) is 0 Å². The highest BCUT2D eigenvalue weighted by molar-refractivity contribution is 5.81.